The van der Waals surface area contributed by atoms with E-state index in [0.29, 0.717) is 0 Å². The number of benzene rings is 1. The van der Waals surface area contributed by atoms with Crippen molar-refractivity contribution >= 4 is 31.7 Å². The summed E-state index contributed by atoms with van der Waals surface area (Å²) in [4.78, 5) is 10.7. The first kappa shape index (κ1) is 17.4. The highest BCUT2D eigenvalue weighted by Gasteiger charge is 2.27. The summed E-state index contributed by atoms with van der Waals surface area (Å²) in [6, 6.07) is 4.94. The summed E-state index contributed by atoms with van der Waals surface area (Å²) in [7, 11) is -7.71. The Hall–Kier alpha value is -1.65. The van der Waals surface area contributed by atoms with Crippen LogP contribution >= 0.6 is 0 Å². The van der Waals surface area contributed by atoms with Crippen molar-refractivity contribution in [1.82, 2.24) is 4.72 Å². The number of carboxylic acid groups (broad SMARTS) is 1. The molecule has 1 unspecified atom stereocenters. The van der Waals surface area contributed by atoms with Gasteiger partial charge in [0.15, 0.2) is 5.25 Å². The van der Waals surface area contributed by atoms with Crippen LogP contribution in [0.1, 0.15) is 13.8 Å². The third-order valence-electron chi connectivity index (χ3n) is 2.57. The smallest absolute Gasteiger partial charge is 0.323 e. The van der Waals surface area contributed by atoms with Gasteiger partial charge in [0.05, 0.1) is 4.90 Å². The van der Waals surface area contributed by atoms with Gasteiger partial charge < -0.3 is 5.11 Å². The van der Waals surface area contributed by atoms with Crippen molar-refractivity contribution in [3.8, 4) is 0 Å². The first-order chi connectivity index (χ1) is 9.60. The van der Waals surface area contributed by atoms with Crippen molar-refractivity contribution in [3.05, 3.63) is 24.3 Å². The zero-order valence-corrected chi connectivity index (χ0v) is 13.0. The molecule has 0 saturated heterocycles. The van der Waals surface area contributed by atoms with Crippen LogP contribution in [-0.4, -0.2) is 39.7 Å². The summed E-state index contributed by atoms with van der Waals surface area (Å²) in [6.45, 7) is 2.90. The van der Waals surface area contributed by atoms with Gasteiger partial charge in [0.25, 0.3) is 0 Å². The molecule has 0 aromatic heterocycles. The van der Waals surface area contributed by atoms with Gasteiger partial charge in [-0.3, -0.25) is 9.52 Å². The van der Waals surface area contributed by atoms with Crippen LogP contribution in [0.15, 0.2) is 29.2 Å². The second-order valence-corrected chi connectivity index (χ2v) is 7.92. The summed E-state index contributed by atoms with van der Waals surface area (Å²) < 4.78 is 51.2. The molecule has 21 heavy (non-hydrogen) atoms. The maximum atomic E-state index is 11.7. The van der Waals surface area contributed by atoms with Crippen molar-refractivity contribution in [3.63, 3.8) is 0 Å². The lowest BCUT2D eigenvalue weighted by Gasteiger charge is -2.11. The molecule has 0 amide bonds. The van der Waals surface area contributed by atoms with E-state index in [1.54, 1.807) is 6.92 Å². The molecule has 10 heteroatoms. The quantitative estimate of drug-likeness (QED) is 0.652. The fraction of sp³-hybridized carbons (Fsp3) is 0.364. The lowest BCUT2D eigenvalue weighted by atomic mass is 10.3. The Bertz CT molecular complexity index is 710. The topological polar surface area (TPSA) is 130 Å². The molecule has 0 radical (unpaired) electrons. The van der Waals surface area contributed by atoms with Gasteiger partial charge in [0.2, 0.25) is 20.0 Å². The number of hydrogen-bond acceptors (Lipinski definition) is 5. The predicted octanol–water partition coefficient (Wildman–Crippen LogP) is 0.200. The number of nitrogens with one attached hydrogen (secondary N) is 2. The third-order valence-corrected chi connectivity index (χ3v) is 5.79. The van der Waals surface area contributed by atoms with E-state index >= 15 is 0 Å². The minimum Gasteiger partial charge on any atom is -0.480 e. The van der Waals surface area contributed by atoms with Gasteiger partial charge in [0, 0.05) is 12.2 Å². The lowest BCUT2D eigenvalue weighted by molar-refractivity contribution is -0.136. The van der Waals surface area contributed by atoms with Gasteiger partial charge in [0.1, 0.15) is 0 Å². The monoisotopic (exact) mass is 336 g/mol. The van der Waals surface area contributed by atoms with Gasteiger partial charge in [-0.05, 0) is 31.2 Å². The van der Waals surface area contributed by atoms with Crippen LogP contribution in [0, 0.1) is 0 Å². The number of rotatable bonds is 7. The largest absolute Gasteiger partial charge is 0.480 e. The maximum Gasteiger partial charge on any atom is 0.323 e. The van der Waals surface area contributed by atoms with Crippen molar-refractivity contribution in [2.24, 2.45) is 0 Å². The fourth-order valence-corrected chi connectivity index (χ4v) is 3.31. The summed E-state index contributed by atoms with van der Waals surface area (Å²) in [5.74, 6) is -1.48. The second kappa shape index (κ2) is 6.41. The Labute approximate surface area is 123 Å². The van der Waals surface area contributed by atoms with Gasteiger partial charge >= 0.3 is 5.97 Å². The summed E-state index contributed by atoms with van der Waals surface area (Å²) in [6.07, 6.45) is 0. The number of carboxylic acids is 1. The standard InChI is InChI=1S/C11H16N2O6S2/c1-3-12-21(18,19)10-6-4-9(5-7-10)13-20(16,17)8(2)11(14)15/h4-8,12-13H,3H2,1-2H3,(H,14,15). The van der Waals surface area contributed by atoms with Gasteiger partial charge in [-0.2, -0.15) is 0 Å². The third kappa shape index (κ3) is 4.41. The maximum absolute atomic E-state index is 11.7. The molecule has 1 aromatic rings. The van der Waals surface area contributed by atoms with E-state index in [9.17, 15) is 21.6 Å². The number of hydrogen-bond donors (Lipinski definition) is 3. The predicted molar refractivity (Wildman–Crippen MR) is 76.9 cm³/mol. The van der Waals surface area contributed by atoms with Crippen molar-refractivity contribution in [1.29, 1.82) is 0 Å². The average molecular weight is 336 g/mol. The van der Waals surface area contributed by atoms with E-state index in [-0.39, 0.29) is 17.1 Å². The number of carbonyl (C=O) groups is 1. The Morgan fingerprint density at radius 2 is 1.71 bits per heavy atom. The van der Waals surface area contributed by atoms with Crippen molar-refractivity contribution < 1.29 is 26.7 Å². The van der Waals surface area contributed by atoms with Crippen LogP contribution in [0.25, 0.3) is 0 Å². The Kier molecular flexibility index (Phi) is 5.31. The minimum atomic E-state index is -4.09. The molecule has 0 fully saturated rings. The number of sulfonamides is 2. The molecule has 0 aliphatic heterocycles. The minimum absolute atomic E-state index is 0.0152. The normalized spacial score (nSPS) is 13.6. The van der Waals surface area contributed by atoms with E-state index < -0.39 is 31.3 Å². The van der Waals surface area contributed by atoms with E-state index in [4.69, 9.17) is 5.11 Å². The molecule has 1 aromatic carbocycles. The molecule has 0 saturated carbocycles. The van der Waals surface area contributed by atoms with Crippen LogP contribution in [0.3, 0.4) is 0 Å². The molecular weight excluding hydrogens is 320 g/mol. The van der Waals surface area contributed by atoms with Crippen LogP contribution < -0.4 is 9.44 Å². The summed E-state index contributed by atoms with van der Waals surface area (Å²) in [5.41, 5.74) is 0.0820. The zero-order valence-electron chi connectivity index (χ0n) is 11.4. The Morgan fingerprint density at radius 3 is 2.14 bits per heavy atom. The second-order valence-electron chi connectivity index (χ2n) is 4.15. The fourth-order valence-electron chi connectivity index (χ4n) is 1.36. The molecule has 8 nitrogen and oxygen atoms in total. The highest BCUT2D eigenvalue weighted by molar-refractivity contribution is 7.94. The number of anilines is 1. The lowest BCUT2D eigenvalue weighted by Crippen LogP contribution is -2.32. The van der Waals surface area contributed by atoms with Crippen LogP contribution in [0.4, 0.5) is 5.69 Å². The molecule has 118 valence electrons. The molecule has 3 N–H and O–H groups in total. The highest BCUT2D eigenvalue weighted by Crippen LogP contribution is 2.16. The van der Waals surface area contributed by atoms with Gasteiger partial charge in [-0.15, -0.1) is 0 Å². The molecule has 1 rings (SSSR count). The Morgan fingerprint density at radius 1 is 1.19 bits per heavy atom. The van der Waals surface area contributed by atoms with Gasteiger partial charge in [-0.25, -0.2) is 21.6 Å². The summed E-state index contributed by atoms with van der Waals surface area (Å²) >= 11 is 0. The molecule has 0 heterocycles. The Balaban J connectivity index is 2.97. The first-order valence-corrected chi connectivity index (χ1v) is 8.97. The first-order valence-electron chi connectivity index (χ1n) is 5.94. The van der Waals surface area contributed by atoms with E-state index in [0.717, 1.165) is 6.92 Å². The van der Waals surface area contributed by atoms with Gasteiger partial charge in [-0.1, -0.05) is 6.92 Å². The zero-order chi connectivity index (χ0) is 16.3. The summed E-state index contributed by atoms with van der Waals surface area (Å²) in [5, 5.41) is 7.08. The molecule has 0 bridgehead atoms. The van der Waals surface area contributed by atoms with E-state index in [2.05, 4.69) is 9.44 Å². The van der Waals surface area contributed by atoms with E-state index in [1.807, 2.05) is 0 Å². The average Bonchev–Trinajstić information content (AvgIpc) is 2.37. The van der Waals surface area contributed by atoms with Crippen molar-refractivity contribution in [2.75, 3.05) is 11.3 Å². The molecule has 0 aliphatic rings. The molecule has 1 atom stereocenters. The highest BCUT2D eigenvalue weighted by atomic mass is 32.2. The molecule has 0 spiro atoms. The SMILES string of the molecule is CCNS(=O)(=O)c1ccc(NS(=O)(=O)C(C)C(=O)O)cc1. The number of aliphatic carboxylic acids is 1. The van der Waals surface area contributed by atoms with Crippen LogP contribution in [-0.2, 0) is 24.8 Å². The molecule has 0 aliphatic carbocycles. The van der Waals surface area contributed by atoms with Crippen LogP contribution in [0.2, 0.25) is 0 Å². The van der Waals surface area contributed by atoms with Crippen molar-refractivity contribution in [2.45, 2.75) is 24.0 Å². The van der Waals surface area contributed by atoms with E-state index in [1.165, 1.54) is 24.3 Å². The molecular formula is C11H16N2O6S2. The van der Waals surface area contributed by atoms with Crippen LogP contribution in [0.5, 0.6) is 0 Å².